The van der Waals surface area contributed by atoms with Crippen molar-refractivity contribution < 1.29 is 9.90 Å². The van der Waals surface area contributed by atoms with E-state index in [0.717, 1.165) is 29.7 Å². The van der Waals surface area contributed by atoms with Gasteiger partial charge in [-0.15, -0.1) is 0 Å². The summed E-state index contributed by atoms with van der Waals surface area (Å²) in [6, 6.07) is 0.335. The second-order valence-electron chi connectivity index (χ2n) is 4.50. The fraction of sp³-hybridized carbons (Fsp3) is 0.538. The topological polar surface area (TPSA) is 58.4 Å². The van der Waals surface area contributed by atoms with Crippen molar-refractivity contribution in [3.05, 3.63) is 17.3 Å². The molecule has 0 amide bonds. The summed E-state index contributed by atoms with van der Waals surface area (Å²) in [6.45, 7) is 9.03. The fourth-order valence-corrected chi connectivity index (χ4v) is 2.11. The number of aliphatic carboxylic acids is 1. The second kappa shape index (κ2) is 5.71. The number of aromatic nitrogens is 2. The van der Waals surface area contributed by atoms with E-state index in [1.807, 2.05) is 14.0 Å². The summed E-state index contributed by atoms with van der Waals surface area (Å²) in [4.78, 5) is 12.8. The van der Waals surface area contributed by atoms with E-state index in [-0.39, 0.29) is 0 Å². The number of carboxylic acids is 1. The Morgan fingerprint density at radius 1 is 1.56 bits per heavy atom. The van der Waals surface area contributed by atoms with E-state index < -0.39 is 5.97 Å². The first-order valence-corrected chi connectivity index (χ1v) is 6.09. The van der Waals surface area contributed by atoms with Gasteiger partial charge in [0.1, 0.15) is 5.82 Å². The van der Waals surface area contributed by atoms with E-state index >= 15 is 0 Å². The molecule has 0 saturated heterocycles. The monoisotopic (exact) mass is 251 g/mol. The lowest BCUT2D eigenvalue weighted by Gasteiger charge is -2.28. The maximum Gasteiger partial charge on any atom is 0.328 e. The SMILES string of the molecule is CCN(c1c(/C=C/C(=O)O)c(C)nn1C)C(C)C. The second-order valence-corrected chi connectivity index (χ2v) is 4.50. The Labute approximate surface area is 108 Å². The first kappa shape index (κ1) is 14.3. The third kappa shape index (κ3) is 2.91. The molecule has 0 fully saturated rings. The van der Waals surface area contributed by atoms with Crippen molar-refractivity contribution in [2.24, 2.45) is 7.05 Å². The smallest absolute Gasteiger partial charge is 0.328 e. The number of anilines is 1. The van der Waals surface area contributed by atoms with Crippen molar-refractivity contribution >= 4 is 17.9 Å². The molecule has 0 aliphatic rings. The quantitative estimate of drug-likeness (QED) is 0.814. The number of aryl methyl sites for hydroxylation is 2. The van der Waals surface area contributed by atoms with Gasteiger partial charge >= 0.3 is 5.97 Å². The Hall–Kier alpha value is -1.78. The molecule has 100 valence electrons. The minimum Gasteiger partial charge on any atom is -0.478 e. The van der Waals surface area contributed by atoms with Crippen LogP contribution in [0.5, 0.6) is 0 Å². The highest BCUT2D eigenvalue weighted by atomic mass is 16.4. The molecule has 5 heteroatoms. The molecule has 0 saturated carbocycles. The first-order chi connectivity index (χ1) is 8.38. The molecule has 1 heterocycles. The van der Waals surface area contributed by atoms with Crippen LogP contribution in [0.25, 0.3) is 6.08 Å². The number of hydrogen-bond donors (Lipinski definition) is 1. The molecule has 18 heavy (non-hydrogen) atoms. The van der Waals surface area contributed by atoms with Crippen molar-refractivity contribution in [2.45, 2.75) is 33.7 Å². The normalized spacial score (nSPS) is 11.4. The van der Waals surface area contributed by atoms with Crippen LogP contribution in [-0.4, -0.2) is 33.4 Å². The predicted octanol–water partition coefficient (Wildman–Crippen LogP) is 2.06. The van der Waals surface area contributed by atoms with Gasteiger partial charge in [-0.05, 0) is 33.8 Å². The van der Waals surface area contributed by atoms with Gasteiger partial charge in [0.25, 0.3) is 0 Å². The molecule has 0 aliphatic carbocycles. The van der Waals surface area contributed by atoms with E-state index in [1.165, 1.54) is 0 Å². The molecule has 1 rings (SSSR count). The highest BCUT2D eigenvalue weighted by Crippen LogP contribution is 2.26. The van der Waals surface area contributed by atoms with Crippen LogP contribution < -0.4 is 4.90 Å². The number of carboxylic acid groups (broad SMARTS) is 1. The lowest BCUT2D eigenvalue weighted by molar-refractivity contribution is -0.131. The Morgan fingerprint density at radius 2 is 2.17 bits per heavy atom. The number of hydrogen-bond acceptors (Lipinski definition) is 3. The van der Waals surface area contributed by atoms with Gasteiger partial charge in [0.15, 0.2) is 0 Å². The fourth-order valence-electron chi connectivity index (χ4n) is 2.11. The van der Waals surface area contributed by atoms with Crippen LogP contribution >= 0.6 is 0 Å². The van der Waals surface area contributed by atoms with Crippen LogP contribution in [0.1, 0.15) is 32.0 Å². The molecule has 1 N–H and O–H groups in total. The van der Waals surface area contributed by atoms with Gasteiger partial charge in [-0.3, -0.25) is 4.68 Å². The number of nitrogens with zero attached hydrogens (tertiary/aromatic N) is 3. The number of rotatable bonds is 5. The first-order valence-electron chi connectivity index (χ1n) is 6.09. The van der Waals surface area contributed by atoms with Gasteiger partial charge in [-0.2, -0.15) is 5.10 Å². The van der Waals surface area contributed by atoms with Crippen molar-refractivity contribution in [1.82, 2.24) is 9.78 Å². The van der Waals surface area contributed by atoms with Gasteiger partial charge in [-0.25, -0.2) is 4.79 Å². The van der Waals surface area contributed by atoms with Crippen molar-refractivity contribution in [2.75, 3.05) is 11.4 Å². The van der Waals surface area contributed by atoms with Crippen LogP contribution in [0.15, 0.2) is 6.08 Å². The molecular formula is C13H21N3O2. The summed E-state index contributed by atoms with van der Waals surface area (Å²) >= 11 is 0. The summed E-state index contributed by atoms with van der Waals surface area (Å²) in [6.07, 6.45) is 2.77. The standard InChI is InChI=1S/C13H21N3O2/c1-6-16(9(2)3)13-11(7-8-12(17)18)10(4)14-15(13)5/h7-9H,6H2,1-5H3,(H,17,18)/b8-7+. The zero-order chi connectivity index (χ0) is 13.9. The van der Waals surface area contributed by atoms with E-state index in [4.69, 9.17) is 5.11 Å². The third-order valence-corrected chi connectivity index (χ3v) is 2.87. The maximum atomic E-state index is 10.6. The number of carbonyl (C=O) groups is 1. The lowest BCUT2D eigenvalue weighted by Crippen LogP contribution is -2.32. The van der Waals surface area contributed by atoms with Crippen molar-refractivity contribution in [3.63, 3.8) is 0 Å². The van der Waals surface area contributed by atoms with Crippen LogP contribution in [0.2, 0.25) is 0 Å². The van der Waals surface area contributed by atoms with Gasteiger partial charge in [0.05, 0.1) is 5.69 Å². The van der Waals surface area contributed by atoms with E-state index in [1.54, 1.807) is 10.8 Å². The summed E-state index contributed by atoms with van der Waals surface area (Å²) in [7, 11) is 1.88. The van der Waals surface area contributed by atoms with Crippen molar-refractivity contribution in [1.29, 1.82) is 0 Å². The zero-order valence-corrected chi connectivity index (χ0v) is 11.6. The van der Waals surface area contributed by atoms with Crippen LogP contribution in [0, 0.1) is 6.92 Å². The van der Waals surface area contributed by atoms with Gasteiger partial charge in [-0.1, -0.05) is 0 Å². The Morgan fingerprint density at radius 3 is 2.61 bits per heavy atom. The lowest BCUT2D eigenvalue weighted by atomic mass is 10.2. The van der Waals surface area contributed by atoms with Crippen LogP contribution in [0.4, 0.5) is 5.82 Å². The molecule has 0 atom stereocenters. The molecule has 0 spiro atoms. The van der Waals surface area contributed by atoms with E-state index in [0.29, 0.717) is 6.04 Å². The van der Waals surface area contributed by atoms with Gasteiger partial charge < -0.3 is 10.0 Å². The van der Waals surface area contributed by atoms with Gasteiger partial charge in [0, 0.05) is 31.3 Å². The minimum atomic E-state index is -0.947. The highest BCUT2D eigenvalue weighted by Gasteiger charge is 2.18. The summed E-state index contributed by atoms with van der Waals surface area (Å²) in [5.74, 6) is 0.0132. The van der Waals surface area contributed by atoms with E-state index in [9.17, 15) is 4.79 Å². The average Bonchev–Trinajstić information content (AvgIpc) is 2.52. The molecular weight excluding hydrogens is 230 g/mol. The minimum absolute atomic E-state index is 0.335. The molecule has 0 aliphatic heterocycles. The molecule has 0 unspecified atom stereocenters. The highest BCUT2D eigenvalue weighted by molar-refractivity contribution is 5.87. The Bertz CT molecular complexity index is 461. The Kier molecular flexibility index (Phi) is 4.53. The van der Waals surface area contributed by atoms with E-state index in [2.05, 4.69) is 30.8 Å². The largest absolute Gasteiger partial charge is 0.478 e. The molecule has 1 aromatic rings. The molecule has 1 aromatic heterocycles. The molecule has 0 bridgehead atoms. The van der Waals surface area contributed by atoms with Crippen LogP contribution in [-0.2, 0) is 11.8 Å². The Balaban J connectivity index is 3.29. The predicted molar refractivity (Wildman–Crippen MR) is 72.8 cm³/mol. The molecule has 0 radical (unpaired) electrons. The van der Waals surface area contributed by atoms with Gasteiger partial charge in [0.2, 0.25) is 0 Å². The third-order valence-electron chi connectivity index (χ3n) is 2.87. The maximum absolute atomic E-state index is 10.6. The molecule has 0 aromatic carbocycles. The summed E-state index contributed by atoms with van der Waals surface area (Å²) in [5.41, 5.74) is 1.71. The summed E-state index contributed by atoms with van der Waals surface area (Å²) in [5, 5.41) is 13.1. The van der Waals surface area contributed by atoms with Crippen molar-refractivity contribution in [3.8, 4) is 0 Å². The van der Waals surface area contributed by atoms with Crippen LogP contribution in [0.3, 0.4) is 0 Å². The summed E-state index contributed by atoms with van der Waals surface area (Å²) < 4.78 is 1.81. The zero-order valence-electron chi connectivity index (χ0n) is 11.6. The molecule has 5 nitrogen and oxygen atoms in total. The average molecular weight is 251 g/mol.